The van der Waals surface area contributed by atoms with Gasteiger partial charge in [-0.2, -0.15) is 4.98 Å². The van der Waals surface area contributed by atoms with Gasteiger partial charge in [0.1, 0.15) is 0 Å². The summed E-state index contributed by atoms with van der Waals surface area (Å²) in [5, 5.41) is 7.25. The highest BCUT2D eigenvalue weighted by Gasteiger charge is 2.26. The molecular formula is C26H28N6O2. The third-order valence-corrected chi connectivity index (χ3v) is 6.32. The first-order valence-electron chi connectivity index (χ1n) is 11.6. The summed E-state index contributed by atoms with van der Waals surface area (Å²) in [7, 11) is 0. The van der Waals surface area contributed by atoms with Crippen LogP contribution in [0.1, 0.15) is 29.9 Å². The zero-order valence-electron chi connectivity index (χ0n) is 19.2. The highest BCUT2D eigenvalue weighted by atomic mass is 16.5. The number of imidazole rings is 1. The smallest absolute Gasteiger partial charge is 0.241 e. The van der Waals surface area contributed by atoms with Crippen molar-refractivity contribution in [3.8, 4) is 17.1 Å². The molecule has 0 atom stereocenters. The fourth-order valence-corrected chi connectivity index (χ4v) is 4.32. The van der Waals surface area contributed by atoms with Gasteiger partial charge in [-0.25, -0.2) is 4.98 Å². The topological polar surface area (TPSA) is 89.1 Å². The Balaban J connectivity index is 1.11. The van der Waals surface area contributed by atoms with Gasteiger partial charge in [-0.3, -0.25) is 9.69 Å². The van der Waals surface area contributed by atoms with E-state index in [0.29, 0.717) is 24.8 Å². The van der Waals surface area contributed by atoms with Crippen molar-refractivity contribution in [3.05, 3.63) is 84.3 Å². The summed E-state index contributed by atoms with van der Waals surface area (Å²) in [5.74, 6) is 1.34. The van der Waals surface area contributed by atoms with Crippen LogP contribution in [0, 0.1) is 12.8 Å². The van der Waals surface area contributed by atoms with Gasteiger partial charge in [-0.1, -0.05) is 53.2 Å². The second-order valence-corrected chi connectivity index (χ2v) is 8.74. The number of likely N-dealkylation sites (tertiary alicyclic amines) is 1. The summed E-state index contributed by atoms with van der Waals surface area (Å²) in [6.45, 7) is 4.80. The van der Waals surface area contributed by atoms with Gasteiger partial charge in [0, 0.05) is 30.4 Å². The molecule has 34 heavy (non-hydrogen) atoms. The van der Waals surface area contributed by atoms with Crippen LogP contribution in [0.15, 0.2) is 71.8 Å². The van der Waals surface area contributed by atoms with Crippen LogP contribution in [0.25, 0.3) is 17.1 Å². The van der Waals surface area contributed by atoms with Gasteiger partial charge in [0.25, 0.3) is 0 Å². The van der Waals surface area contributed by atoms with E-state index < -0.39 is 0 Å². The number of aromatic nitrogens is 4. The van der Waals surface area contributed by atoms with Gasteiger partial charge in [0.05, 0.1) is 18.6 Å². The fraction of sp³-hybridized carbons (Fsp3) is 0.308. The first-order chi connectivity index (χ1) is 16.7. The molecule has 174 valence electrons. The highest BCUT2D eigenvalue weighted by Crippen LogP contribution is 2.21. The third kappa shape index (κ3) is 5.07. The number of hydrogen-bond donors (Lipinski definition) is 1. The molecule has 1 amide bonds. The molecule has 2 aromatic carbocycles. The fourth-order valence-electron chi connectivity index (χ4n) is 4.32. The molecule has 0 aliphatic carbocycles. The lowest BCUT2D eigenvalue weighted by Crippen LogP contribution is -2.40. The maximum Gasteiger partial charge on any atom is 0.241 e. The van der Waals surface area contributed by atoms with Crippen LogP contribution in [0.2, 0.25) is 0 Å². The Morgan fingerprint density at radius 1 is 1.12 bits per heavy atom. The van der Waals surface area contributed by atoms with E-state index >= 15 is 0 Å². The Morgan fingerprint density at radius 3 is 2.68 bits per heavy atom. The van der Waals surface area contributed by atoms with Crippen molar-refractivity contribution in [3.63, 3.8) is 0 Å². The molecule has 4 aromatic rings. The van der Waals surface area contributed by atoms with E-state index in [9.17, 15) is 4.79 Å². The minimum atomic E-state index is 0.0162. The second kappa shape index (κ2) is 10.0. The first kappa shape index (κ1) is 22.0. The zero-order valence-corrected chi connectivity index (χ0v) is 19.2. The number of para-hydroxylation sites is 1. The van der Waals surface area contributed by atoms with Gasteiger partial charge in [0.15, 0.2) is 0 Å². The summed E-state index contributed by atoms with van der Waals surface area (Å²) in [6.07, 6.45) is 7.05. The summed E-state index contributed by atoms with van der Waals surface area (Å²) < 4.78 is 7.43. The van der Waals surface area contributed by atoms with Gasteiger partial charge in [-0.05, 0) is 44.5 Å². The lowest BCUT2D eigenvalue weighted by Gasteiger charge is -2.30. The maximum absolute atomic E-state index is 12.8. The van der Waals surface area contributed by atoms with Crippen molar-refractivity contribution >= 4 is 5.91 Å². The third-order valence-electron chi connectivity index (χ3n) is 6.32. The Morgan fingerprint density at radius 2 is 1.91 bits per heavy atom. The van der Waals surface area contributed by atoms with Crippen LogP contribution in [-0.2, 0) is 17.9 Å². The van der Waals surface area contributed by atoms with Crippen molar-refractivity contribution in [2.24, 2.45) is 5.92 Å². The van der Waals surface area contributed by atoms with E-state index in [0.717, 1.165) is 42.7 Å². The molecule has 1 aliphatic rings. The normalized spacial score (nSPS) is 14.9. The van der Waals surface area contributed by atoms with Gasteiger partial charge >= 0.3 is 0 Å². The monoisotopic (exact) mass is 456 g/mol. The van der Waals surface area contributed by atoms with E-state index in [1.165, 1.54) is 5.56 Å². The Labute approximate surface area is 198 Å². The SMILES string of the molecule is Cc1ccc(-c2noc(CN3CCC(C(=O)NCc4ccccc4-n4ccnc4)CC3)n2)cc1. The summed E-state index contributed by atoms with van der Waals surface area (Å²) >= 11 is 0. The molecule has 1 aliphatic heterocycles. The predicted molar refractivity (Wildman–Crippen MR) is 128 cm³/mol. The summed E-state index contributed by atoms with van der Waals surface area (Å²) in [5.41, 5.74) is 4.24. The Hall–Kier alpha value is -3.78. The number of nitrogens with zero attached hydrogens (tertiary/aromatic N) is 5. The predicted octanol–water partition coefficient (Wildman–Crippen LogP) is 3.76. The van der Waals surface area contributed by atoms with Gasteiger partial charge in [-0.15, -0.1) is 0 Å². The molecule has 5 rings (SSSR count). The molecule has 0 saturated carbocycles. The molecular weight excluding hydrogens is 428 g/mol. The molecule has 8 heteroatoms. The summed E-state index contributed by atoms with van der Waals surface area (Å²) in [4.78, 5) is 23.8. The number of carbonyl (C=O) groups excluding carboxylic acids is 1. The first-order valence-corrected chi connectivity index (χ1v) is 11.6. The average molecular weight is 457 g/mol. The number of amides is 1. The number of aryl methyl sites for hydroxylation is 1. The van der Waals surface area contributed by atoms with E-state index in [4.69, 9.17) is 4.52 Å². The largest absolute Gasteiger partial charge is 0.352 e. The van der Waals surface area contributed by atoms with E-state index in [1.54, 1.807) is 12.5 Å². The minimum Gasteiger partial charge on any atom is -0.352 e. The van der Waals surface area contributed by atoms with Crippen LogP contribution in [0.3, 0.4) is 0 Å². The number of hydrogen-bond acceptors (Lipinski definition) is 6. The van der Waals surface area contributed by atoms with Crippen LogP contribution in [0.5, 0.6) is 0 Å². The average Bonchev–Trinajstić information content (AvgIpc) is 3.56. The molecule has 0 bridgehead atoms. The minimum absolute atomic E-state index is 0.0162. The van der Waals surface area contributed by atoms with Crippen molar-refractivity contribution in [1.82, 2.24) is 29.9 Å². The summed E-state index contributed by atoms with van der Waals surface area (Å²) in [6, 6.07) is 16.1. The molecule has 3 heterocycles. The van der Waals surface area contributed by atoms with Gasteiger partial charge < -0.3 is 14.4 Å². The van der Waals surface area contributed by atoms with Crippen LogP contribution < -0.4 is 5.32 Å². The van der Waals surface area contributed by atoms with E-state index in [-0.39, 0.29) is 11.8 Å². The van der Waals surface area contributed by atoms with E-state index in [2.05, 4.69) is 32.3 Å². The molecule has 1 fully saturated rings. The Bertz CT molecular complexity index is 1220. The maximum atomic E-state index is 12.8. The quantitative estimate of drug-likeness (QED) is 0.456. The van der Waals surface area contributed by atoms with Crippen molar-refractivity contribution in [2.45, 2.75) is 32.9 Å². The number of rotatable bonds is 7. The van der Waals surface area contributed by atoms with Crippen molar-refractivity contribution in [2.75, 3.05) is 13.1 Å². The number of benzene rings is 2. The number of carbonyl (C=O) groups is 1. The molecule has 2 aromatic heterocycles. The lowest BCUT2D eigenvalue weighted by molar-refractivity contribution is -0.126. The van der Waals surface area contributed by atoms with Crippen LogP contribution in [0.4, 0.5) is 0 Å². The second-order valence-electron chi connectivity index (χ2n) is 8.74. The molecule has 0 unspecified atom stereocenters. The highest BCUT2D eigenvalue weighted by molar-refractivity contribution is 5.78. The van der Waals surface area contributed by atoms with Crippen molar-refractivity contribution in [1.29, 1.82) is 0 Å². The lowest BCUT2D eigenvalue weighted by atomic mass is 9.96. The number of nitrogens with one attached hydrogen (secondary N) is 1. The van der Waals surface area contributed by atoms with Crippen LogP contribution >= 0.6 is 0 Å². The Kier molecular flexibility index (Phi) is 6.49. The molecule has 0 spiro atoms. The van der Waals surface area contributed by atoms with Crippen LogP contribution in [-0.4, -0.2) is 43.6 Å². The van der Waals surface area contributed by atoms with Crippen molar-refractivity contribution < 1.29 is 9.32 Å². The molecule has 1 saturated heterocycles. The zero-order chi connectivity index (χ0) is 23.3. The standard InChI is InChI=1S/C26H28N6O2/c1-19-6-8-20(9-7-19)25-29-24(34-30-25)17-31-13-10-21(11-14-31)26(33)28-16-22-4-2-3-5-23(22)32-15-12-27-18-32/h2-9,12,15,18,21H,10-11,13-14,16-17H2,1H3,(H,28,33). The molecule has 0 radical (unpaired) electrons. The van der Waals surface area contributed by atoms with Gasteiger partial charge in [0.2, 0.25) is 17.6 Å². The molecule has 1 N–H and O–H groups in total. The molecule has 8 nitrogen and oxygen atoms in total. The number of piperidine rings is 1. The van der Waals surface area contributed by atoms with E-state index in [1.807, 2.05) is 59.3 Å².